The van der Waals surface area contributed by atoms with E-state index in [4.69, 9.17) is 4.98 Å². The predicted octanol–water partition coefficient (Wildman–Crippen LogP) is 12.1. The Morgan fingerprint density at radius 1 is 0.458 bits per heavy atom. The van der Waals surface area contributed by atoms with Crippen molar-refractivity contribution < 1.29 is 0 Å². The fourth-order valence-corrected chi connectivity index (χ4v) is 8.54. The summed E-state index contributed by atoms with van der Waals surface area (Å²) in [6, 6.07) is 57.3. The number of hydrogen-bond donors (Lipinski definition) is 0. The van der Waals surface area contributed by atoms with Crippen molar-refractivity contribution in [1.29, 1.82) is 0 Å². The summed E-state index contributed by atoms with van der Waals surface area (Å²) in [7, 11) is 0. The summed E-state index contributed by atoms with van der Waals surface area (Å²) in [6.45, 7) is 4.83. The van der Waals surface area contributed by atoms with E-state index in [9.17, 15) is 0 Å². The molecule has 0 fully saturated rings. The molecule has 1 aromatic heterocycles. The maximum absolute atomic E-state index is 5.12. The Balaban J connectivity index is 1.21. The van der Waals surface area contributed by atoms with Crippen LogP contribution in [0.5, 0.6) is 0 Å². The molecule has 0 atom stereocenters. The fraction of sp³-hybridized carbons (Fsp3) is 0.0652. The van der Waals surface area contributed by atoms with Crippen molar-refractivity contribution >= 4 is 43.4 Å². The molecule has 1 aliphatic rings. The first-order valence-corrected chi connectivity index (χ1v) is 16.7. The first-order valence-electron chi connectivity index (χ1n) is 16.7. The Morgan fingerprint density at radius 3 is 1.73 bits per heavy atom. The molecule has 2 heteroatoms. The molecule has 0 amide bonds. The third kappa shape index (κ3) is 3.72. The molecule has 226 valence electrons. The number of aromatic nitrogens is 2. The highest BCUT2D eigenvalue weighted by Crippen LogP contribution is 2.57. The Bertz CT molecular complexity index is 2730. The Hall–Kier alpha value is -5.99. The molecular formula is C46H32N2. The summed E-state index contributed by atoms with van der Waals surface area (Å²) in [5.74, 6) is 0.946. The minimum atomic E-state index is -0.160. The second-order valence-electron chi connectivity index (χ2n) is 13.5. The van der Waals surface area contributed by atoms with Gasteiger partial charge < -0.3 is 0 Å². The first-order chi connectivity index (χ1) is 23.6. The summed E-state index contributed by atoms with van der Waals surface area (Å²) in [5, 5.41) is 7.94. The van der Waals surface area contributed by atoms with Gasteiger partial charge in [-0.05, 0) is 96.0 Å². The molecule has 0 saturated carbocycles. The zero-order valence-corrected chi connectivity index (χ0v) is 26.9. The lowest BCUT2D eigenvalue weighted by Crippen LogP contribution is -2.16. The van der Waals surface area contributed by atoms with E-state index in [0.717, 1.165) is 28.1 Å². The molecule has 0 unspecified atom stereocenters. The van der Waals surface area contributed by atoms with Crippen molar-refractivity contribution in [3.63, 3.8) is 0 Å². The molecule has 9 aromatic rings. The van der Waals surface area contributed by atoms with Crippen LogP contribution >= 0.6 is 0 Å². The van der Waals surface area contributed by atoms with Crippen molar-refractivity contribution in [3.8, 4) is 39.3 Å². The van der Waals surface area contributed by atoms with E-state index < -0.39 is 0 Å². The van der Waals surface area contributed by atoms with Gasteiger partial charge in [-0.1, -0.05) is 141 Å². The normalized spacial score (nSPS) is 13.4. The van der Waals surface area contributed by atoms with Gasteiger partial charge in [-0.25, -0.2) is 4.98 Å². The van der Waals surface area contributed by atoms with Crippen LogP contribution in [0, 0.1) is 0 Å². The van der Waals surface area contributed by atoms with Crippen LogP contribution in [0.4, 0.5) is 0 Å². The van der Waals surface area contributed by atoms with Crippen LogP contribution < -0.4 is 0 Å². The molecule has 0 spiro atoms. The SMILES string of the molecule is CC1(C)c2c(cc(-c3ccc(-c4nc5ccccc5n4-c4ccccc4)cc3)c3ccccc23)-c2c1c1ccccc1c1ccccc21. The van der Waals surface area contributed by atoms with E-state index >= 15 is 0 Å². The third-order valence-corrected chi connectivity index (χ3v) is 10.5. The minimum Gasteiger partial charge on any atom is -0.292 e. The molecule has 1 aliphatic carbocycles. The molecular weight excluding hydrogens is 581 g/mol. The Morgan fingerprint density at radius 2 is 1.00 bits per heavy atom. The van der Waals surface area contributed by atoms with Gasteiger partial charge in [0.1, 0.15) is 5.82 Å². The molecule has 0 radical (unpaired) electrons. The van der Waals surface area contributed by atoms with Crippen molar-refractivity contribution in [2.24, 2.45) is 0 Å². The molecule has 48 heavy (non-hydrogen) atoms. The van der Waals surface area contributed by atoms with E-state index in [2.05, 4.69) is 176 Å². The first kappa shape index (κ1) is 27.2. The van der Waals surface area contributed by atoms with Crippen LogP contribution in [0.2, 0.25) is 0 Å². The smallest absolute Gasteiger partial charge is 0.145 e. The molecule has 8 aromatic carbocycles. The average molecular weight is 613 g/mol. The summed E-state index contributed by atoms with van der Waals surface area (Å²) in [4.78, 5) is 5.12. The largest absolute Gasteiger partial charge is 0.292 e. The maximum atomic E-state index is 5.12. The zero-order valence-electron chi connectivity index (χ0n) is 26.9. The average Bonchev–Trinajstić information content (AvgIpc) is 3.65. The molecule has 0 bridgehead atoms. The van der Waals surface area contributed by atoms with E-state index in [1.807, 2.05) is 0 Å². The van der Waals surface area contributed by atoms with Gasteiger partial charge in [-0.15, -0.1) is 0 Å². The van der Waals surface area contributed by atoms with E-state index in [-0.39, 0.29) is 5.41 Å². The van der Waals surface area contributed by atoms with Gasteiger partial charge in [0.15, 0.2) is 0 Å². The number of hydrogen-bond acceptors (Lipinski definition) is 1. The Labute approximate surface area is 279 Å². The van der Waals surface area contributed by atoms with Crippen LogP contribution in [-0.4, -0.2) is 9.55 Å². The second kappa shape index (κ2) is 10.0. The van der Waals surface area contributed by atoms with Gasteiger partial charge in [0.05, 0.1) is 11.0 Å². The van der Waals surface area contributed by atoms with Crippen molar-refractivity contribution in [2.45, 2.75) is 19.3 Å². The van der Waals surface area contributed by atoms with Crippen LogP contribution in [0.1, 0.15) is 25.0 Å². The standard InChI is InChI=1S/C46H32N2/c1-46(2)43-36-20-10-8-18-34(36)38(28-39(43)42-35-19-9-6-16-32(35)33-17-7-11-21-37(33)44(42)46)29-24-26-30(27-25-29)45-47-40-22-12-13-23-41(40)48(45)31-14-4-3-5-15-31/h3-28H,1-2H3. The molecule has 10 rings (SSSR count). The van der Waals surface area contributed by atoms with Gasteiger partial charge in [0.2, 0.25) is 0 Å². The van der Waals surface area contributed by atoms with E-state index in [1.165, 1.54) is 65.7 Å². The number of para-hydroxylation sites is 3. The summed E-state index contributed by atoms with van der Waals surface area (Å²) in [6.07, 6.45) is 0. The second-order valence-corrected chi connectivity index (χ2v) is 13.5. The van der Waals surface area contributed by atoms with Gasteiger partial charge >= 0.3 is 0 Å². The monoisotopic (exact) mass is 612 g/mol. The number of imidazole rings is 1. The third-order valence-electron chi connectivity index (χ3n) is 10.5. The molecule has 0 saturated heterocycles. The lowest BCUT2D eigenvalue weighted by atomic mass is 9.77. The highest BCUT2D eigenvalue weighted by molar-refractivity contribution is 6.20. The lowest BCUT2D eigenvalue weighted by Gasteiger charge is -2.25. The van der Waals surface area contributed by atoms with Crippen LogP contribution in [0.25, 0.3) is 82.7 Å². The van der Waals surface area contributed by atoms with Gasteiger partial charge in [-0.3, -0.25) is 4.57 Å². The van der Waals surface area contributed by atoms with Crippen molar-refractivity contribution in [1.82, 2.24) is 9.55 Å². The summed E-state index contributed by atoms with van der Waals surface area (Å²) >= 11 is 0. The topological polar surface area (TPSA) is 17.8 Å². The van der Waals surface area contributed by atoms with E-state index in [0.29, 0.717) is 0 Å². The van der Waals surface area contributed by atoms with Crippen molar-refractivity contribution in [2.75, 3.05) is 0 Å². The van der Waals surface area contributed by atoms with Gasteiger partial charge in [-0.2, -0.15) is 0 Å². The van der Waals surface area contributed by atoms with Gasteiger partial charge in [0.25, 0.3) is 0 Å². The number of nitrogens with zero attached hydrogens (tertiary/aromatic N) is 2. The van der Waals surface area contributed by atoms with Crippen molar-refractivity contribution in [3.05, 3.63) is 169 Å². The van der Waals surface area contributed by atoms with Crippen LogP contribution in [-0.2, 0) is 5.41 Å². The quantitative estimate of drug-likeness (QED) is 0.182. The minimum absolute atomic E-state index is 0.160. The predicted molar refractivity (Wildman–Crippen MR) is 202 cm³/mol. The summed E-state index contributed by atoms with van der Waals surface area (Å²) < 4.78 is 2.27. The zero-order chi connectivity index (χ0) is 32.0. The van der Waals surface area contributed by atoms with Crippen LogP contribution in [0.15, 0.2) is 158 Å². The molecule has 2 nitrogen and oxygen atoms in total. The number of fused-ring (bicyclic) bond motifs is 11. The lowest BCUT2D eigenvalue weighted by molar-refractivity contribution is 0.672. The molecule has 0 aliphatic heterocycles. The van der Waals surface area contributed by atoms with Gasteiger partial charge in [0, 0.05) is 16.7 Å². The molecule has 0 N–H and O–H groups in total. The Kier molecular flexibility index (Phi) is 5.66. The highest BCUT2D eigenvalue weighted by Gasteiger charge is 2.40. The van der Waals surface area contributed by atoms with E-state index in [1.54, 1.807) is 0 Å². The molecule has 1 heterocycles. The number of benzene rings is 8. The number of rotatable bonds is 3. The summed E-state index contributed by atoms with van der Waals surface area (Å²) in [5.41, 5.74) is 12.2. The highest BCUT2D eigenvalue weighted by atomic mass is 15.1. The maximum Gasteiger partial charge on any atom is 0.145 e. The van der Waals surface area contributed by atoms with Crippen LogP contribution in [0.3, 0.4) is 0 Å². The fourth-order valence-electron chi connectivity index (χ4n) is 8.54.